The van der Waals surface area contributed by atoms with Gasteiger partial charge in [0.05, 0.1) is 26.0 Å². The largest absolute Gasteiger partial charge is 0.496 e. The summed E-state index contributed by atoms with van der Waals surface area (Å²) in [5.41, 5.74) is 0.159. The zero-order chi connectivity index (χ0) is 18.9. The molecule has 0 saturated carbocycles. The summed E-state index contributed by atoms with van der Waals surface area (Å²) >= 11 is 0. The first kappa shape index (κ1) is 17.8. The van der Waals surface area contributed by atoms with Crippen molar-refractivity contribution in [3.8, 4) is 11.5 Å². The number of hydrogen-bond donors (Lipinski definition) is 0. The van der Waals surface area contributed by atoms with Crippen molar-refractivity contribution in [1.29, 1.82) is 0 Å². The molecule has 1 heterocycles. The molecule has 0 bridgehead atoms. The van der Waals surface area contributed by atoms with Crippen LogP contribution in [0.3, 0.4) is 0 Å². The molecule has 0 radical (unpaired) electrons. The Morgan fingerprint density at radius 1 is 1.04 bits per heavy atom. The maximum absolute atomic E-state index is 12.8. The third-order valence-electron chi connectivity index (χ3n) is 4.02. The van der Waals surface area contributed by atoms with E-state index in [1.54, 1.807) is 12.1 Å². The molecule has 0 aliphatic carbocycles. The average Bonchev–Trinajstić information content (AvgIpc) is 2.62. The maximum atomic E-state index is 12.8. The van der Waals surface area contributed by atoms with Crippen molar-refractivity contribution in [3.63, 3.8) is 0 Å². The van der Waals surface area contributed by atoms with Crippen molar-refractivity contribution < 1.29 is 27.1 Å². The smallest absolute Gasteiger partial charge is 0.416 e. The van der Waals surface area contributed by atoms with E-state index >= 15 is 0 Å². The topological polar surface area (TPSA) is 48.7 Å². The van der Waals surface area contributed by atoms with Crippen LogP contribution in [-0.4, -0.2) is 14.2 Å². The van der Waals surface area contributed by atoms with Gasteiger partial charge >= 0.3 is 6.18 Å². The van der Waals surface area contributed by atoms with Gasteiger partial charge in [-0.2, -0.15) is 13.2 Å². The molecular weight excluding hydrogens is 349 g/mol. The number of rotatable bonds is 4. The molecule has 4 nitrogen and oxygen atoms in total. The lowest BCUT2D eigenvalue weighted by Crippen LogP contribution is -2.11. The predicted molar refractivity (Wildman–Crippen MR) is 89.8 cm³/mol. The lowest BCUT2D eigenvalue weighted by atomic mass is 10.0. The van der Waals surface area contributed by atoms with E-state index in [1.807, 2.05) is 0 Å². The van der Waals surface area contributed by atoms with Gasteiger partial charge in [0.25, 0.3) is 0 Å². The molecule has 0 aliphatic rings. The zero-order valence-electron chi connectivity index (χ0n) is 14.0. The maximum Gasteiger partial charge on any atom is 0.416 e. The first-order valence-corrected chi connectivity index (χ1v) is 7.66. The number of halogens is 3. The van der Waals surface area contributed by atoms with E-state index in [4.69, 9.17) is 13.9 Å². The standard InChI is InChI=1S/C19H15F3O4/c1-24-14-8-15(25-2)17-16(9-14)26-10-12(18(17)23)7-11-3-5-13(6-4-11)19(20,21)22/h3-6,8-10H,7H2,1-2H3. The highest BCUT2D eigenvalue weighted by Crippen LogP contribution is 2.31. The van der Waals surface area contributed by atoms with Gasteiger partial charge in [-0.05, 0) is 17.7 Å². The first-order chi connectivity index (χ1) is 12.3. The SMILES string of the molecule is COc1cc(OC)c2c(=O)c(Cc3ccc(C(F)(F)F)cc3)coc2c1. The molecule has 0 aliphatic heterocycles. The third kappa shape index (κ3) is 3.37. The first-order valence-electron chi connectivity index (χ1n) is 7.66. The number of ether oxygens (including phenoxy) is 2. The summed E-state index contributed by atoms with van der Waals surface area (Å²) < 4.78 is 53.8. The number of alkyl halides is 3. The van der Waals surface area contributed by atoms with Crippen LogP contribution in [0, 0.1) is 0 Å². The molecule has 3 aromatic rings. The van der Waals surface area contributed by atoms with Gasteiger partial charge in [-0.15, -0.1) is 0 Å². The monoisotopic (exact) mass is 364 g/mol. The second-order valence-corrected chi connectivity index (χ2v) is 5.66. The Bertz CT molecular complexity index is 989. The van der Waals surface area contributed by atoms with Gasteiger partial charge in [-0.1, -0.05) is 12.1 Å². The van der Waals surface area contributed by atoms with Crippen LogP contribution in [0.15, 0.2) is 51.9 Å². The Morgan fingerprint density at radius 2 is 1.73 bits per heavy atom. The predicted octanol–water partition coefficient (Wildman–Crippen LogP) is 4.42. The number of benzene rings is 2. The van der Waals surface area contributed by atoms with Gasteiger partial charge in [0.2, 0.25) is 0 Å². The Hall–Kier alpha value is -2.96. The molecule has 26 heavy (non-hydrogen) atoms. The molecule has 136 valence electrons. The van der Waals surface area contributed by atoms with Crippen molar-refractivity contribution in [3.05, 3.63) is 69.6 Å². The van der Waals surface area contributed by atoms with E-state index in [0.717, 1.165) is 12.1 Å². The van der Waals surface area contributed by atoms with Crippen LogP contribution in [-0.2, 0) is 12.6 Å². The van der Waals surface area contributed by atoms with Crippen molar-refractivity contribution in [2.75, 3.05) is 14.2 Å². The highest BCUT2D eigenvalue weighted by molar-refractivity contribution is 5.85. The molecule has 0 saturated heterocycles. The number of hydrogen-bond acceptors (Lipinski definition) is 4. The Morgan fingerprint density at radius 3 is 2.31 bits per heavy atom. The van der Waals surface area contributed by atoms with E-state index < -0.39 is 11.7 Å². The van der Waals surface area contributed by atoms with Crippen molar-refractivity contribution in [2.24, 2.45) is 0 Å². The summed E-state index contributed by atoms with van der Waals surface area (Å²) in [5.74, 6) is 0.787. The van der Waals surface area contributed by atoms with Gasteiger partial charge in [-0.25, -0.2) is 0 Å². The van der Waals surface area contributed by atoms with E-state index in [-0.39, 0.29) is 17.2 Å². The fraction of sp³-hybridized carbons (Fsp3) is 0.211. The van der Waals surface area contributed by atoms with Gasteiger partial charge in [0, 0.05) is 24.1 Å². The molecule has 1 aromatic heterocycles. The highest BCUT2D eigenvalue weighted by Gasteiger charge is 2.29. The third-order valence-corrected chi connectivity index (χ3v) is 4.02. The van der Waals surface area contributed by atoms with Crippen molar-refractivity contribution >= 4 is 11.0 Å². The molecule has 0 fully saturated rings. The second-order valence-electron chi connectivity index (χ2n) is 5.66. The van der Waals surface area contributed by atoms with E-state index in [2.05, 4.69) is 0 Å². The summed E-state index contributed by atoms with van der Waals surface area (Å²) in [7, 11) is 2.91. The minimum Gasteiger partial charge on any atom is -0.496 e. The molecule has 0 amide bonds. The van der Waals surface area contributed by atoms with Crippen LogP contribution < -0.4 is 14.9 Å². The summed E-state index contributed by atoms with van der Waals surface area (Å²) in [4.78, 5) is 12.8. The van der Waals surface area contributed by atoms with Gasteiger partial charge in [0.1, 0.15) is 22.5 Å². The highest BCUT2D eigenvalue weighted by atomic mass is 19.4. The molecule has 3 rings (SSSR count). The lowest BCUT2D eigenvalue weighted by molar-refractivity contribution is -0.137. The molecular formula is C19H15F3O4. The number of fused-ring (bicyclic) bond motifs is 1. The number of methoxy groups -OCH3 is 2. The van der Waals surface area contributed by atoms with Crippen LogP contribution >= 0.6 is 0 Å². The zero-order valence-corrected chi connectivity index (χ0v) is 14.0. The molecule has 0 N–H and O–H groups in total. The molecule has 7 heteroatoms. The lowest BCUT2D eigenvalue weighted by Gasteiger charge is -2.10. The van der Waals surface area contributed by atoms with E-state index in [0.29, 0.717) is 28.2 Å². The average molecular weight is 364 g/mol. The Balaban J connectivity index is 2.01. The summed E-state index contributed by atoms with van der Waals surface area (Å²) in [6.45, 7) is 0. The van der Waals surface area contributed by atoms with Crippen LogP contribution in [0.2, 0.25) is 0 Å². The summed E-state index contributed by atoms with van der Waals surface area (Å²) in [5, 5.41) is 0.262. The fourth-order valence-corrected chi connectivity index (χ4v) is 2.66. The van der Waals surface area contributed by atoms with Crippen molar-refractivity contribution in [1.82, 2.24) is 0 Å². The van der Waals surface area contributed by atoms with Crippen LogP contribution in [0.5, 0.6) is 11.5 Å². The second kappa shape index (κ2) is 6.74. The van der Waals surface area contributed by atoms with Gasteiger partial charge in [0.15, 0.2) is 5.43 Å². The van der Waals surface area contributed by atoms with Crippen molar-refractivity contribution in [2.45, 2.75) is 12.6 Å². The molecule has 2 aromatic carbocycles. The minimum atomic E-state index is -4.40. The summed E-state index contributed by atoms with van der Waals surface area (Å²) in [6.07, 6.45) is -2.94. The Labute approximate surface area is 146 Å². The minimum absolute atomic E-state index is 0.144. The van der Waals surface area contributed by atoms with Gasteiger partial charge < -0.3 is 13.9 Å². The normalized spacial score (nSPS) is 11.6. The van der Waals surface area contributed by atoms with Crippen LogP contribution in [0.4, 0.5) is 13.2 Å². The van der Waals surface area contributed by atoms with Gasteiger partial charge in [-0.3, -0.25) is 4.79 Å². The quantitative estimate of drug-likeness (QED) is 0.688. The van der Waals surface area contributed by atoms with E-state index in [1.165, 1.54) is 32.6 Å². The molecule has 0 spiro atoms. The fourth-order valence-electron chi connectivity index (χ4n) is 2.66. The van der Waals surface area contributed by atoms with Crippen LogP contribution in [0.1, 0.15) is 16.7 Å². The van der Waals surface area contributed by atoms with Crippen LogP contribution in [0.25, 0.3) is 11.0 Å². The Kier molecular flexibility index (Phi) is 4.63. The molecule has 0 unspecified atom stereocenters. The summed E-state index contributed by atoms with van der Waals surface area (Å²) in [6, 6.07) is 7.81. The van der Waals surface area contributed by atoms with E-state index in [9.17, 15) is 18.0 Å². The molecule has 0 atom stereocenters.